The second-order valence-electron chi connectivity index (χ2n) is 3.69. The van der Waals surface area contributed by atoms with Crippen LogP contribution in [-0.2, 0) is 14.1 Å². The highest BCUT2D eigenvalue weighted by atomic mass is 16.2. The van der Waals surface area contributed by atoms with Crippen LogP contribution in [0.3, 0.4) is 0 Å². The Kier molecular flexibility index (Phi) is 2.16. The number of nitrogens with zero attached hydrogens (tertiary/aromatic N) is 3. The summed E-state index contributed by atoms with van der Waals surface area (Å²) in [6.45, 7) is 1.17. The number of aryl methyl sites for hydroxylation is 1. The first kappa shape index (κ1) is 11.1. The zero-order valence-corrected chi connectivity index (χ0v) is 9.47. The predicted octanol–water partition coefficient (Wildman–Crippen LogP) is -1.61. The molecule has 0 unspecified atom stereocenters. The van der Waals surface area contributed by atoms with Gasteiger partial charge in [-0.2, -0.15) is 0 Å². The van der Waals surface area contributed by atoms with Crippen LogP contribution in [-0.4, -0.2) is 24.6 Å². The summed E-state index contributed by atoms with van der Waals surface area (Å²) in [4.78, 5) is 48.7. The molecule has 0 radical (unpaired) electrons. The SMILES string of the molecule is CC(=O)n1c(=O)n(C)c2[nH]c(=O)n(C)c(=O)c21. The molecule has 0 saturated carbocycles. The van der Waals surface area contributed by atoms with Crippen molar-refractivity contribution in [2.24, 2.45) is 14.1 Å². The van der Waals surface area contributed by atoms with E-state index >= 15 is 0 Å². The Morgan fingerprint density at radius 2 is 1.71 bits per heavy atom. The predicted molar refractivity (Wildman–Crippen MR) is 59.3 cm³/mol. The van der Waals surface area contributed by atoms with E-state index in [0.29, 0.717) is 0 Å². The van der Waals surface area contributed by atoms with Gasteiger partial charge in [0.25, 0.3) is 5.56 Å². The molecule has 0 saturated heterocycles. The third-order valence-electron chi connectivity index (χ3n) is 2.61. The fourth-order valence-electron chi connectivity index (χ4n) is 1.67. The van der Waals surface area contributed by atoms with Gasteiger partial charge in [-0.15, -0.1) is 0 Å². The summed E-state index contributed by atoms with van der Waals surface area (Å²) in [6.07, 6.45) is 0. The number of aromatic amines is 1. The van der Waals surface area contributed by atoms with Crippen LogP contribution in [0, 0.1) is 0 Å². The van der Waals surface area contributed by atoms with Crippen LogP contribution in [0.2, 0.25) is 0 Å². The second kappa shape index (κ2) is 3.30. The molecule has 8 nitrogen and oxygen atoms in total. The molecule has 17 heavy (non-hydrogen) atoms. The third kappa shape index (κ3) is 1.30. The normalized spacial score (nSPS) is 11.0. The molecular formula is C9H10N4O4. The van der Waals surface area contributed by atoms with Gasteiger partial charge < -0.3 is 0 Å². The van der Waals surface area contributed by atoms with Crippen molar-refractivity contribution in [3.63, 3.8) is 0 Å². The van der Waals surface area contributed by atoms with Crippen molar-refractivity contribution < 1.29 is 4.79 Å². The number of hydrogen-bond donors (Lipinski definition) is 1. The van der Waals surface area contributed by atoms with Crippen LogP contribution >= 0.6 is 0 Å². The lowest BCUT2D eigenvalue weighted by atomic mass is 10.5. The fraction of sp³-hybridized carbons (Fsp3) is 0.333. The number of carbonyl (C=O) groups excluding carboxylic acids is 1. The van der Waals surface area contributed by atoms with E-state index in [2.05, 4.69) is 4.98 Å². The first-order chi connectivity index (χ1) is 7.86. The summed E-state index contributed by atoms with van der Waals surface area (Å²) >= 11 is 0. The van der Waals surface area contributed by atoms with Crippen LogP contribution < -0.4 is 16.9 Å². The Morgan fingerprint density at radius 3 is 2.24 bits per heavy atom. The molecule has 0 bridgehead atoms. The zero-order valence-electron chi connectivity index (χ0n) is 9.47. The molecule has 1 N–H and O–H groups in total. The summed E-state index contributed by atoms with van der Waals surface area (Å²) < 4.78 is 2.61. The maximum atomic E-state index is 11.9. The van der Waals surface area contributed by atoms with Crippen molar-refractivity contribution in [1.82, 2.24) is 18.7 Å². The van der Waals surface area contributed by atoms with E-state index in [1.165, 1.54) is 21.0 Å². The lowest BCUT2D eigenvalue weighted by Gasteiger charge is -1.98. The topological polar surface area (TPSA) is 98.9 Å². The van der Waals surface area contributed by atoms with E-state index in [1.54, 1.807) is 0 Å². The quantitative estimate of drug-likeness (QED) is 0.596. The standard InChI is InChI=1S/C9H10N4O4/c1-4(14)13-5-6(11(2)9(13)17)10-8(16)12(3)7(5)15/h1-3H3,(H,10,16). The monoisotopic (exact) mass is 238 g/mol. The summed E-state index contributed by atoms with van der Waals surface area (Å²) in [6, 6.07) is 0. The summed E-state index contributed by atoms with van der Waals surface area (Å²) in [5.74, 6) is -0.579. The maximum Gasteiger partial charge on any atom is 0.337 e. The van der Waals surface area contributed by atoms with Gasteiger partial charge in [-0.05, 0) is 0 Å². The Bertz CT molecular complexity index is 801. The van der Waals surface area contributed by atoms with Crippen LogP contribution in [0.15, 0.2) is 14.4 Å². The Morgan fingerprint density at radius 1 is 1.12 bits per heavy atom. The van der Waals surface area contributed by atoms with E-state index in [0.717, 1.165) is 13.7 Å². The molecule has 0 fully saturated rings. The smallest absolute Gasteiger partial charge is 0.291 e. The molecule has 0 atom stereocenters. The van der Waals surface area contributed by atoms with Gasteiger partial charge in [0.1, 0.15) is 5.65 Å². The fourth-order valence-corrected chi connectivity index (χ4v) is 1.67. The van der Waals surface area contributed by atoms with E-state index in [4.69, 9.17) is 0 Å². The average molecular weight is 238 g/mol. The summed E-state index contributed by atoms with van der Waals surface area (Å²) in [5, 5.41) is 0. The lowest BCUT2D eigenvalue weighted by Crippen LogP contribution is -2.34. The minimum absolute atomic E-state index is 0.0401. The molecular weight excluding hydrogens is 228 g/mol. The summed E-state index contributed by atoms with van der Waals surface area (Å²) in [7, 11) is 2.64. The van der Waals surface area contributed by atoms with E-state index < -0.39 is 22.8 Å². The number of rotatable bonds is 0. The highest BCUT2D eigenvalue weighted by Crippen LogP contribution is 2.01. The number of carbonyl (C=O) groups is 1. The van der Waals surface area contributed by atoms with Crippen molar-refractivity contribution in [2.75, 3.05) is 0 Å². The number of aromatic nitrogens is 4. The Balaban J connectivity index is 3.26. The van der Waals surface area contributed by atoms with Gasteiger partial charge in [0.15, 0.2) is 5.52 Å². The number of fused-ring (bicyclic) bond motifs is 1. The molecule has 0 aliphatic rings. The Hall–Kier alpha value is -2.38. The van der Waals surface area contributed by atoms with E-state index in [9.17, 15) is 19.2 Å². The number of hydrogen-bond acceptors (Lipinski definition) is 4. The van der Waals surface area contributed by atoms with Gasteiger partial charge in [0, 0.05) is 21.0 Å². The van der Waals surface area contributed by atoms with Crippen LogP contribution in [0.5, 0.6) is 0 Å². The molecule has 2 aromatic heterocycles. The first-order valence-electron chi connectivity index (χ1n) is 4.78. The largest absolute Gasteiger partial charge is 0.337 e. The maximum absolute atomic E-state index is 11.9. The molecule has 0 spiro atoms. The molecule has 0 amide bonds. The summed E-state index contributed by atoms with van der Waals surface area (Å²) in [5.41, 5.74) is -2.06. The molecule has 2 heterocycles. The molecule has 2 rings (SSSR count). The molecule has 0 aliphatic carbocycles. The van der Waals surface area contributed by atoms with Crippen molar-refractivity contribution in [3.8, 4) is 0 Å². The second-order valence-corrected chi connectivity index (χ2v) is 3.69. The van der Waals surface area contributed by atoms with Crippen LogP contribution in [0.4, 0.5) is 0 Å². The molecule has 8 heteroatoms. The number of H-pyrrole nitrogens is 1. The number of nitrogens with one attached hydrogen (secondary N) is 1. The first-order valence-corrected chi connectivity index (χ1v) is 4.78. The zero-order chi connectivity index (χ0) is 12.9. The van der Waals surface area contributed by atoms with E-state index in [-0.39, 0.29) is 11.2 Å². The van der Waals surface area contributed by atoms with Crippen molar-refractivity contribution >= 4 is 17.1 Å². The van der Waals surface area contributed by atoms with Crippen molar-refractivity contribution in [2.45, 2.75) is 6.92 Å². The van der Waals surface area contributed by atoms with Gasteiger partial charge in [-0.3, -0.25) is 23.7 Å². The van der Waals surface area contributed by atoms with Crippen LogP contribution in [0.25, 0.3) is 11.2 Å². The average Bonchev–Trinajstić information content (AvgIpc) is 2.50. The molecule has 0 aromatic carbocycles. The van der Waals surface area contributed by atoms with Gasteiger partial charge in [0.05, 0.1) is 0 Å². The van der Waals surface area contributed by atoms with Gasteiger partial charge in [-0.25, -0.2) is 14.2 Å². The van der Waals surface area contributed by atoms with Crippen molar-refractivity contribution in [3.05, 3.63) is 31.3 Å². The minimum atomic E-state index is -0.684. The lowest BCUT2D eigenvalue weighted by molar-refractivity contribution is 0.0936. The number of imidazole rings is 1. The minimum Gasteiger partial charge on any atom is -0.291 e. The third-order valence-corrected chi connectivity index (χ3v) is 2.61. The Labute approximate surface area is 93.7 Å². The van der Waals surface area contributed by atoms with Crippen molar-refractivity contribution in [1.29, 1.82) is 0 Å². The molecule has 90 valence electrons. The molecule has 2 aromatic rings. The van der Waals surface area contributed by atoms with E-state index in [1.807, 2.05) is 0 Å². The van der Waals surface area contributed by atoms with Crippen LogP contribution in [0.1, 0.15) is 11.7 Å². The van der Waals surface area contributed by atoms with Gasteiger partial charge in [-0.1, -0.05) is 0 Å². The molecule has 0 aliphatic heterocycles. The van der Waals surface area contributed by atoms with Gasteiger partial charge >= 0.3 is 11.4 Å². The highest BCUT2D eigenvalue weighted by molar-refractivity contribution is 5.87. The van der Waals surface area contributed by atoms with Gasteiger partial charge in [0.2, 0.25) is 5.91 Å². The highest BCUT2D eigenvalue weighted by Gasteiger charge is 2.19.